The first-order chi connectivity index (χ1) is 9.95. The van der Waals surface area contributed by atoms with Gasteiger partial charge in [-0.05, 0) is 19.9 Å². The van der Waals surface area contributed by atoms with Crippen LogP contribution in [0, 0.1) is 0 Å². The lowest BCUT2D eigenvalue weighted by Crippen LogP contribution is -2.34. The molecule has 3 heterocycles. The maximum absolute atomic E-state index is 12.1. The van der Waals surface area contributed by atoms with Gasteiger partial charge in [-0.25, -0.2) is 4.79 Å². The maximum Gasteiger partial charge on any atom is 0.351 e. The summed E-state index contributed by atoms with van der Waals surface area (Å²) >= 11 is 0. The molecule has 21 heavy (non-hydrogen) atoms. The van der Waals surface area contributed by atoms with Gasteiger partial charge in [-0.15, -0.1) is 0 Å². The second-order valence-corrected chi connectivity index (χ2v) is 5.57. The topological polar surface area (TPSA) is 94.8 Å². The van der Waals surface area contributed by atoms with E-state index in [2.05, 4.69) is 10.3 Å². The number of nitrogens with zero attached hydrogens (tertiary/aromatic N) is 2. The molecule has 2 saturated heterocycles. The van der Waals surface area contributed by atoms with Crippen molar-refractivity contribution in [3.63, 3.8) is 0 Å². The third-order valence-electron chi connectivity index (χ3n) is 3.67. The highest BCUT2D eigenvalue weighted by Crippen LogP contribution is 2.42. The van der Waals surface area contributed by atoms with E-state index in [1.807, 2.05) is 0 Å². The summed E-state index contributed by atoms with van der Waals surface area (Å²) in [5.74, 6) is -0.291. The Bertz CT molecular complexity index is 587. The molecule has 3 rings (SSSR count). The van der Waals surface area contributed by atoms with Crippen LogP contribution in [-0.2, 0) is 14.2 Å². The lowest BCUT2D eigenvalue weighted by Gasteiger charge is -2.24. The van der Waals surface area contributed by atoms with Gasteiger partial charge in [0.1, 0.15) is 24.1 Å². The minimum absolute atomic E-state index is 0.201. The fourth-order valence-corrected chi connectivity index (χ4v) is 2.78. The molecule has 8 nitrogen and oxygen atoms in total. The number of ether oxygens (including phenoxy) is 3. The van der Waals surface area contributed by atoms with E-state index in [0.717, 1.165) is 0 Å². The lowest BCUT2D eigenvalue weighted by molar-refractivity contribution is -0.200. The molecular formula is C13H19N3O5. The Morgan fingerprint density at radius 2 is 2.14 bits per heavy atom. The molecule has 0 unspecified atom stereocenters. The Balaban J connectivity index is 1.94. The number of fused-ring (bicyclic) bond motifs is 1. The standard InChI is InChI=1S/C13H19N3O5/c1-13(2)20-9-7(6-17)19-11(10(9)21-13)16-5-4-8(14-3)15-12(16)18/h4-5,7,9-11,17H,6H2,1-3H3,(H,14,15,18)/t7-,9-,10-,11-/m1/s1. The summed E-state index contributed by atoms with van der Waals surface area (Å²) in [6, 6.07) is 1.67. The monoisotopic (exact) mass is 297 g/mol. The Labute approximate surface area is 121 Å². The van der Waals surface area contributed by atoms with Crippen LogP contribution in [0.3, 0.4) is 0 Å². The summed E-state index contributed by atoms with van der Waals surface area (Å²) in [6.07, 6.45) is -0.474. The molecule has 0 aliphatic carbocycles. The zero-order valence-electron chi connectivity index (χ0n) is 12.1. The van der Waals surface area contributed by atoms with E-state index in [0.29, 0.717) is 5.82 Å². The Hall–Kier alpha value is -1.48. The SMILES string of the molecule is CNc1ccn([C@@H]2O[C@H](CO)[C@H]3OC(C)(C)O[C@H]32)c(=O)n1. The highest BCUT2D eigenvalue weighted by molar-refractivity contribution is 5.30. The molecule has 1 aromatic rings. The highest BCUT2D eigenvalue weighted by atomic mass is 16.8. The number of rotatable bonds is 3. The zero-order chi connectivity index (χ0) is 15.2. The molecule has 0 amide bonds. The van der Waals surface area contributed by atoms with Crippen LogP contribution in [0.25, 0.3) is 0 Å². The molecule has 2 fully saturated rings. The molecule has 0 spiro atoms. The van der Waals surface area contributed by atoms with Gasteiger partial charge in [-0.3, -0.25) is 4.57 Å². The van der Waals surface area contributed by atoms with Crippen LogP contribution in [0.1, 0.15) is 20.1 Å². The van der Waals surface area contributed by atoms with E-state index >= 15 is 0 Å². The first kappa shape index (κ1) is 14.5. The molecule has 2 aliphatic rings. The van der Waals surface area contributed by atoms with Gasteiger partial charge in [-0.1, -0.05) is 0 Å². The summed E-state index contributed by atoms with van der Waals surface area (Å²) in [6.45, 7) is 3.39. The van der Waals surface area contributed by atoms with Crippen LogP contribution in [0.2, 0.25) is 0 Å². The number of hydrogen-bond donors (Lipinski definition) is 2. The predicted molar refractivity (Wildman–Crippen MR) is 72.9 cm³/mol. The normalized spacial score (nSPS) is 33.9. The maximum atomic E-state index is 12.1. The summed E-state index contributed by atoms with van der Waals surface area (Å²) in [7, 11) is 1.69. The molecule has 1 aromatic heterocycles. The van der Waals surface area contributed by atoms with Crippen molar-refractivity contribution in [2.24, 2.45) is 0 Å². The zero-order valence-corrected chi connectivity index (χ0v) is 12.1. The fraction of sp³-hybridized carbons (Fsp3) is 0.692. The van der Waals surface area contributed by atoms with Crippen molar-refractivity contribution in [2.75, 3.05) is 19.0 Å². The van der Waals surface area contributed by atoms with E-state index in [1.165, 1.54) is 4.57 Å². The Morgan fingerprint density at radius 1 is 1.43 bits per heavy atom. The molecule has 0 radical (unpaired) electrons. The average Bonchev–Trinajstić information content (AvgIpc) is 2.92. The summed E-state index contributed by atoms with van der Waals surface area (Å²) in [4.78, 5) is 16.0. The predicted octanol–water partition coefficient (Wildman–Crippen LogP) is -0.305. The first-order valence-corrected chi connectivity index (χ1v) is 6.84. The van der Waals surface area contributed by atoms with Crippen molar-refractivity contribution in [2.45, 2.75) is 44.2 Å². The molecular weight excluding hydrogens is 278 g/mol. The van der Waals surface area contributed by atoms with E-state index in [4.69, 9.17) is 14.2 Å². The molecule has 116 valence electrons. The smallest absolute Gasteiger partial charge is 0.351 e. The quantitative estimate of drug-likeness (QED) is 0.790. The van der Waals surface area contributed by atoms with Gasteiger partial charge < -0.3 is 24.6 Å². The number of aliphatic hydroxyl groups excluding tert-OH is 1. The van der Waals surface area contributed by atoms with Crippen molar-refractivity contribution in [3.05, 3.63) is 22.7 Å². The van der Waals surface area contributed by atoms with Gasteiger partial charge in [0.2, 0.25) is 0 Å². The van der Waals surface area contributed by atoms with Crippen molar-refractivity contribution in [1.29, 1.82) is 0 Å². The molecule has 0 bridgehead atoms. The van der Waals surface area contributed by atoms with Gasteiger partial charge in [0, 0.05) is 13.2 Å². The fourth-order valence-electron chi connectivity index (χ4n) is 2.78. The van der Waals surface area contributed by atoms with Gasteiger partial charge in [-0.2, -0.15) is 4.98 Å². The first-order valence-electron chi connectivity index (χ1n) is 6.84. The number of aromatic nitrogens is 2. The van der Waals surface area contributed by atoms with Crippen LogP contribution in [0.15, 0.2) is 17.1 Å². The second-order valence-electron chi connectivity index (χ2n) is 5.57. The van der Waals surface area contributed by atoms with Gasteiger partial charge in [0.25, 0.3) is 0 Å². The van der Waals surface area contributed by atoms with Gasteiger partial charge >= 0.3 is 5.69 Å². The van der Waals surface area contributed by atoms with Crippen molar-refractivity contribution >= 4 is 5.82 Å². The lowest BCUT2D eigenvalue weighted by atomic mass is 10.1. The summed E-state index contributed by atoms with van der Waals surface area (Å²) in [5, 5.41) is 12.2. The van der Waals surface area contributed by atoms with Gasteiger partial charge in [0.15, 0.2) is 12.0 Å². The average molecular weight is 297 g/mol. The largest absolute Gasteiger partial charge is 0.394 e. The summed E-state index contributed by atoms with van der Waals surface area (Å²) in [5.41, 5.74) is -0.447. The third kappa shape index (κ3) is 2.44. The van der Waals surface area contributed by atoms with E-state index in [9.17, 15) is 9.90 Å². The van der Waals surface area contributed by atoms with E-state index < -0.39 is 36.0 Å². The van der Waals surface area contributed by atoms with E-state index in [1.54, 1.807) is 33.2 Å². The Morgan fingerprint density at radius 3 is 2.76 bits per heavy atom. The van der Waals surface area contributed by atoms with Crippen molar-refractivity contribution in [1.82, 2.24) is 9.55 Å². The summed E-state index contributed by atoms with van der Waals surface area (Å²) < 4.78 is 18.7. The van der Waals surface area contributed by atoms with Crippen molar-refractivity contribution in [3.8, 4) is 0 Å². The number of anilines is 1. The van der Waals surface area contributed by atoms with Crippen molar-refractivity contribution < 1.29 is 19.3 Å². The van der Waals surface area contributed by atoms with Crippen LogP contribution < -0.4 is 11.0 Å². The number of nitrogens with one attached hydrogen (secondary N) is 1. The second kappa shape index (κ2) is 5.06. The molecule has 4 atom stereocenters. The van der Waals surface area contributed by atoms with E-state index in [-0.39, 0.29) is 6.61 Å². The van der Waals surface area contributed by atoms with Crippen LogP contribution in [-0.4, -0.2) is 52.4 Å². The van der Waals surface area contributed by atoms with Gasteiger partial charge in [0.05, 0.1) is 6.61 Å². The molecule has 0 aromatic carbocycles. The minimum Gasteiger partial charge on any atom is -0.394 e. The Kier molecular flexibility index (Phi) is 3.48. The molecule has 2 aliphatic heterocycles. The number of hydrogen-bond acceptors (Lipinski definition) is 7. The minimum atomic E-state index is -0.771. The number of aliphatic hydroxyl groups is 1. The molecule has 8 heteroatoms. The molecule has 0 saturated carbocycles. The van der Waals surface area contributed by atoms with Crippen LogP contribution in [0.5, 0.6) is 0 Å². The highest BCUT2D eigenvalue weighted by Gasteiger charge is 2.55. The van der Waals surface area contributed by atoms with Crippen LogP contribution >= 0.6 is 0 Å². The van der Waals surface area contributed by atoms with Crippen LogP contribution in [0.4, 0.5) is 5.82 Å². The molecule has 2 N–H and O–H groups in total. The third-order valence-corrected chi connectivity index (χ3v) is 3.67.